The SMILES string of the molecule is Cc1cc2nc(-c3cccc(N)c3)n(CCCO)c2cc1C. The molecular formula is C18H21N3O. The van der Waals surface area contributed by atoms with E-state index in [4.69, 9.17) is 10.7 Å². The lowest BCUT2D eigenvalue weighted by Crippen LogP contribution is -2.03. The van der Waals surface area contributed by atoms with Crippen molar-refractivity contribution < 1.29 is 5.11 Å². The van der Waals surface area contributed by atoms with E-state index in [2.05, 4.69) is 30.5 Å². The first-order valence-corrected chi connectivity index (χ1v) is 7.54. The van der Waals surface area contributed by atoms with Crippen LogP contribution in [-0.2, 0) is 6.54 Å². The molecule has 4 heteroatoms. The lowest BCUT2D eigenvalue weighted by molar-refractivity contribution is 0.281. The molecule has 3 rings (SSSR count). The zero-order valence-corrected chi connectivity index (χ0v) is 13.0. The largest absolute Gasteiger partial charge is 0.399 e. The van der Waals surface area contributed by atoms with Crippen LogP contribution < -0.4 is 5.73 Å². The fraction of sp³-hybridized carbons (Fsp3) is 0.278. The molecule has 0 radical (unpaired) electrons. The Bertz CT molecular complexity index is 821. The molecule has 0 spiro atoms. The normalized spacial score (nSPS) is 11.2. The maximum atomic E-state index is 9.19. The van der Waals surface area contributed by atoms with Gasteiger partial charge in [-0.05, 0) is 55.7 Å². The zero-order valence-electron chi connectivity index (χ0n) is 13.0. The minimum Gasteiger partial charge on any atom is -0.399 e. The van der Waals surface area contributed by atoms with Crippen LogP contribution in [0.1, 0.15) is 17.5 Å². The number of nitrogens with zero attached hydrogens (tertiary/aromatic N) is 2. The number of aliphatic hydroxyl groups excluding tert-OH is 1. The molecule has 3 aromatic rings. The van der Waals surface area contributed by atoms with Gasteiger partial charge in [0.25, 0.3) is 0 Å². The van der Waals surface area contributed by atoms with E-state index in [1.54, 1.807) is 0 Å². The fourth-order valence-electron chi connectivity index (χ4n) is 2.73. The second-order valence-corrected chi connectivity index (χ2v) is 5.71. The maximum Gasteiger partial charge on any atom is 0.141 e. The quantitative estimate of drug-likeness (QED) is 0.726. The molecule has 0 aliphatic heterocycles. The molecule has 1 aromatic heterocycles. The first kappa shape index (κ1) is 14.6. The van der Waals surface area contributed by atoms with E-state index in [-0.39, 0.29) is 6.61 Å². The van der Waals surface area contributed by atoms with E-state index in [1.165, 1.54) is 11.1 Å². The Labute approximate surface area is 130 Å². The van der Waals surface area contributed by atoms with Crippen LogP contribution in [0.15, 0.2) is 36.4 Å². The Hall–Kier alpha value is -2.33. The highest BCUT2D eigenvalue weighted by Crippen LogP contribution is 2.28. The number of hydrogen-bond donors (Lipinski definition) is 2. The minimum absolute atomic E-state index is 0.168. The number of rotatable bonds is 4. The van der Waals surface area contributed by atoms with Crippen molar-refractivity contribution in [3.8, 4) is 11.4 Å². The summed E-state index contributed by atoms with van der Waals surface area (Å²) in [5, 5.41) is 9.19. The van der Waals surface area contributed by atoms with Gasteiger partial charge in [-0.2, -0.15) is 0 Å². The Morgan fingerprint density at radius 3 is 2.64 bits per heavy atom. The molecular weight excluding hydrogens is 274 g/mol. The van der Waals surface area contributed by atoms with E-state index >= 15 is 0 Å². The molecule has 0 saturated heterocycles. The summed E-state index contributed by atoms with van der Waals surface area (Å²) in [5.41, 5.74) is 12.2. The summed E-state index contributed by atoms with van der Waals surface area (Å²) in [4.78, 5) is 4.80. The van der Waals surface area contributed by atoms with Crippen molar-refractivity contribution in [2.45, 2.75) is 26.8 Å². The van der Waals surface area contributed by atoms with Crippen molar-refractivity contribution in [1.82, 2.24) is 9.55 Å². The number of benzene rings is 2. The standard InChI is InChI=1S/C18H21N3O/c1-12-9-16-17(10-13(12)2)21(7-4-8-22)18(20-16)14-5-3-6-15(19)11-14/h3,5-6,9-11,22H,4,7-8,19H2,1-2H3. The van der Waals surface area contributed by atoms with Gasteiger partial charge in [-0.3, -0.25) is 0 Å². The summed E-state index contributed by atoms with van der Waals surface area (Å²) >= 11 is 0. The van der Waals surface area contributed by atoms with E-state index in [0.29, 0.717) is 6.42 Å². The van der Waals surface area contributed by atoms with Crippen LogP contribution in [0.2, 0.25) is 0 Å². The van der Waals surface area contributed by atoms with Gasteiger partial charge in [0.15, 0.2) is 0 Å². The Morgan fingerprint density at radius 1 is 1.14 bits per heavy atom. The number of aliphatic hydroxyl groups is 1. The summed E-state index contributed by atoms with van der Waals surface area (Å²) in [5.74, 6) is 0.903. The number of aromatic nitrogens is 2. The van der Waals surface area contributed by atoms with Crippen molar-refractivity contribution in [1.29, 1.82) is 0 Å². The van der Waals surface area contributed by atoms with Crippen LogP contribution in [0.5, 0.6) is 0 Å². The summed E-state index contributed by atoms with van der Waals surface area (Å²) in [6.07, 6.45) is 0.702. The zero-order chi connectivity index (χ0) is 15.7. The van der Waals surface area contributed by atoms with Crippen molar-refractivity contribution in [3.05, 3.63) is 47.5 Å². The van der Waals surface area contributed by atoms with Crippen molar-refractivity contribution in [2.24, 2.45) is 0 Å². The van der Waals surface area contributed by atoms with Gasteiger partial charge in [0.05, 0.1) is 11.0 Å². The van der Waals surface area contributed by atoms with Gasteiger partial charge in [0, 0.05) is 24.4 Å². The highest BCUT2D eigenvalue weighted by Gasteiger charge is 2.13. The number of nitrogens with two attached hydrogens (primary N) is 1. The number of nitrogen functional groups attached to an aromatic ring is 1. The van der Waals surface area contributed by atoms with Gasteiger partial charge in [-0.25, -0.2) is 4.98 Å². The summed E-state index contributed by atoms with van der Waals surface area (Å²) in [7, 11) is 0. The maximum absolute atomic E-state index is 9.19. The van der Waals surface area contributed by atoms with Crippen LogP contribution in [0.4, 0.5) is 5.69 Å². The molecule has 114 valence electrons. The second kappa shape index (κ2) is 5.81. The Balaban J connectivity index is 2.23. The van der Waals surface area contributed by atoms with E-state index in [1.807, 2.05) is 24.3 Å². The lowest BCUT2D eigenvalue weighted by atomic mass is 10.1. The lowest BCUT2D eigenvalue weighted by Gasteiger charge is -2.09. The molecule has 0 amide bonds. The monoisotopic (exact) mass is 295 g/mol. The van der Waals surface area contributed by atoms with Crippen LogP contribution in [-0.4, -0.2) is 21.3 Å². The molecule has 2 aromatic carbocycles. The van der Waals surface area contributed by atoms with Crippen LogP contribution >= 0.6 is 0 Å². The van der Waals surface area contributed by atoms with Crippen molar-refractivity contribution in [2.75, 3.05) is 12.3 Å². The van der Waals surface area contributed by atoms with Gasteiger partial charge in [0.2, 0.25) is 0 Å². The predicted octanol–water partition coefficient (Wildman–Crippen LogP) is 3.28. The third kappa shape index (κ3) is 2.57. The number of anilines is 1. The van der Waals surface area contributed by atoms with E-state index in [9.17, 15) is 5.11 Å². The molecule has 1 heterocycles. The van der Waals surface area contributed by atoms with Crippen LogP contribution in [0.25, 0.3) is 22.4 Å². The fourth-order valence-corrected chi connectivity index (χ4v) is 2.73. The molecule has 0 aliphatic rings. The number of imidazole rings is 1. The van der Waals surface area contributed by atoms with Gasteiger partial charge >= 0.3 is 0 Å². The Kier molecular flexibility index (Phi) is 3.86. The third-order valence-corrected chi connectivity index (χ3v) is 4.05. The number of aryl methyl sites for hydroxylation is 3. The van der Waals surface area contributed by atoms with Crippen LogP contribution in [0, 0.1) is 13.8 Å². The first-order chi connectivity index (χ1) is 10.6. The molecule has 4 nitrogen and oxygen atoms in total. The number of hydrogen-bond acceptors (Lipinski definition) is 3. The molecule has 0 fully saturated rings. The average molecular weight is 295 g/mol. The minimum atomic E-state index is 0.168. The summed E-state index contributed by atoms with van der Waals surface area (Å²) in [6, 6.07) is 12.1. The summed E-state index contributed by atoms with van der Waals surface area (Å²) in [6.45, 7) is 5.11. The molecule has 0 saturated carbocycles. The number of fused-ring (bicyclic) bond motifs is 1. The molecule has 22 heavy (non-hydrogen) atoms. The average Bonchev–Trinajstić information content (AvgIpc) is 2.83. The smallest absolute Gasteiger partial charge is 0.141 e. The van der Waals surface area contributed by atoms with Crippen molar-refractivity contribution in [3.63, 3.8) is 0 Å². The highest BCUT2D eigenvalue weighted by atomic mass is 16.3. The van der Waals surface area contributed by atoms with E-state index in [0.717, 1.165) is 34.7 Å². The van der Waals surface area contributed by atoms with Crippen molar-refractivity contribution >= 4 is 16.7 Å². The van der Waals surface area contributed by atoms with E-state index < -0.39 is 0 Å². The van der Waals surface area contributed by atoms with Crippen LogP contribution in [0.3, 0.4) is 0 Å². The van der Waals surface area contributed by atoms with Gasteiger partial charge in [-0.1, -0.05) is 12.1 Å². The molecule has 0 aliphatic carbocycles. The predicted molar refractivity (Wildman–Crippen MR) is 90.8 cm³/mol. The Morgan fingerprint density at radius 2 is 1.91 bits per heavy atom. The third-order valence-electron chi connectivity index (χ3n) is 4.05. The van der Waals surface area contributed by atoms with Gasteiger partial charge in [0.1, 0.15) is 5.82 Å². The second-order valence-electron chi connectivity index (χ2n) is 5.71. The molecule has 0 unspecified atom stereocenters. The van der Waals surface area contributed by atoms with Gasteiger partial charge < -0.3 is 15.4 Å². The topological polar surface area (TPSA) is 64.1 Å². The first-order valence-electron chi connectivity index (χ1n) is 7.54. The highest BCUT2D eigenvalue weighted by molar-refractivity contribution is 5.82. The molecule has 0 bridgehead atoms. The molecule has 0 atom stereocenters. The van der Waals surface area contributed by atoms with Gasteiger partial charge in [-0.15, -0.1) is 0 Å². The molecule has 3 N–H and O–H groups in total. The summed E-state index contributed by atoms with van der Waals surface area (Å²) < 4.78 is 2.17.